The van der Waals surface area contributed by atoms with Gasteiger partial charge in [0.25, 0.3) is 5.56 Å². The van der Waals surface area contributed by atoms with E-state index in [2.05, 4.69) is 20.5 Å². The molecule has 2 atom stereocenters. The van der Waals surface area contributed by atoms with Gasteiger partial charge < -0.3 is 10.4 Å². The fourth-order valence-electron chi connectivity index (χ4n) is 2.08. The van der Waals surface area contributed by atoms with E-state index in [9.17, 15) is 14.7 Å². The van der Waals surface area contributed by atoms with E-state index >= 15 is 0 Å². The Hall–Kier alpha value is -1.63. The predicted octanol–water partition coefficient (Wildman–Crippen LogP) is -0.436. The van der Waals surface area contributed by atoms with Crippen LogP contribution in [0.2, 0.25) is 0 Å². The smallest absolute Gasteiger partial charge is 0.342 e. The molecule has 2 unspecified atom stereocenters. The van der Waals surface area contributed by atoms with E-state index in [0.29, 0.717) is 0 Å². The van der Waals surface area contributed by atoms with Crippen molar-refractivity contribution in [3.05, 3.63) is 20.8 Å². The molecule has 1 fully saturated rings. The summed E-state index contributed by atoms with van der Waals surface area (Å²) in [5, 5.41) is 18.6. The molecule has 2 rings (SSSR count). The third-order valence-electron chi connectivity index (χ3n) is 3.01. The lowest BCUT2D eigenvalue weighted by Crippen LogP contribution is -2.37. The monoisotopic (exact) mass is 240 g/mol. The van der Waals surface area contributed by atoms with E-state index in [-0.39, 0.29) is 11.9 Å². The molecule has 4 N–H and O–H groups in total. The lowest BCUT2D eigenvalue weighted by atomic mass is 10.1. The van der Waals surface area contributed by atoms with Gasteiger partial charge in [-0.15, -0.1) is 5.10 Å². The molecule has 0 saturated heterocycles. The van der Waals surface area contributed by atoms with Gasteiger partial charge >= 0.3 is 5.69 Å². The van der Waals surface area contributed by atoms with E-state index in [1.54, 1.807) is 0 Å². The molecule has 0 radical (unpaired) electrons. The van der Waals surface area contributed by atoms with Crippen LogP contribution in [0.3, 0.4) is 0 Å². The normalized spacial score (nSPS) is 25.2. The van der Waals surface area contributed by atoms with Gasteiger partial charge in [0.1, 0.15) is 0 Å². The van der Waals surface area contributed by atoms with E-state index < -0.39 is 17.4 Å². The highest BCUT2D eigenvalue weighted by Crippen LogP contribution is 2.19. The molecule has 0 bridgehead atoms. The van der Waals surface area contributed by atoms with Gasteiger partial charge in [0.2, 0.25) is 5.82 Å². The number of aromatic nitrogens is 3. The van der Waals surface area contributed by atoms with Gasteiger partial charge in [-0.1, -0.05) is 19.3 Å². The number of aliphatic hydroxyl groups is 1. The van der Waals surface area contributed by atoms with Crippen molar-refractivity contribution in [3.8, 4) is 0 Å². The molecule has 0 aliphatic heterocycles. The number of aromatic amines is 2. The van der Waals surface area contributed by atoms with Gasteiger partial charge in [-0.05, 0) is 12.8 Å². The van der Waals surface area contributed by atoms with Crippen molar-refractivity contribution in [1.29, 1.82) is 0 Å². The second-order valence-electron chi connectivity index (χ2n) is 4.31. The third-order valence-corrected chi connectivity index (χ3v) is 3.01. The Morgan fingerprint density at radius 3 is 2.76 bits per heavy atom. The Bertz CT molecular complexity index is 481. The van der Waals surface area contributed by atoms with Gasteiger partial charge in [-0.25, -0.2) is 9.89 Å². The molecule has 1 aliphatic carbocycles. The summed E-state index contributed by atoms with van der Waals surface area (Å²) < 4.78 is 0. The van der Waals surface area contributed by atoms with Crippen LogP contribution in [0.1, 0.15) is 32.1 Å². The lowest BCUT2D eigenvalue weighted by Gasteiger charge is -2.21. The third kappa shape index (κ3) is 2.94. The fourth-order valence-corrected chi connectivity index (χ4v) is 2.08. The van der Waals surface area contributed by atoms with Gasteiger partial charge in [0.15, 0.2) is 0 Å². The largest absolute Gasteiger partial charge is 0.391 e. The Kier molecular flexibility index (Phi) is 3.58. The van der Waals surface area contributed by atoms with Crippen LogP contribution in [0.4, 0.5) is 5.82 Å². The number of nitrogens with zero attached hydrogens (tertiary/aromatic N) is 1. The van der Waals surface area contributed by atoms with Gasteiger partial charge in [0.05, 0.1) is 12.1 Å². The first kappa shape index (κ1) is 11.8. The molecular formula is C10H16N4O3. The molecule has 1 aromatic heterocycles. The Morgan fingerprint density at radius 2 is 2.00 bits per heavy atom. The molecule has 7 nitrogen and oxygen atoms in total. The van der Waals surface area contributed by atoms with Crippen molar-refractivity contribution in [2.45, 2.75) is 44.2 Å². The number of anilines is 1. The van der Waals surface area contributed by atoms with Crippen LogP contribution >= 0.6 is 0 Å². The maximum absolute atomic E-state index is 11.4. The van der Waals surface area contributed by atoms with Crippen LogP contribution in [-0.4, -0.2) is 32.4 Å². The van der Waals surface area contributed by atoms with Gasteiger partial charge in [-0.3, -0.25) is 9.78 Å². The summed E-state index contributed by atoms with van der Waals surface area (Å²) in [7, 11) is 0. The predicted molar refractivity (Wildman–Crippen MR) is 62.0 cm³/mol. The number of aliphatic hydroxyl groups excluding tert-OH is 1. The molecule has 1 heterocycles. The summed E-state index contributed by atoms with van der Waals surface area (Å²) in [6.07, 6.45) is 4.13. The zero-order valence-corrected chi connectivity index (χ0v) is 9.40. The summed E-state index contributed by atoms with van der Waals surface area (Å²) in [4.78, 5) is 24.3. The van der Waals surface area contributed by atoms with Crippen LogP contribution in [0, 0.1) is 0 Å². The number of hydrogen-bond acceptors (Lipinski definition) is 5. The van der Waals surface area contributed by atoms with Crippen LogP contribution in [0.25, 0.3) is 0 Å². The lowest BCUT2D eigenvalue weighted by molar-refractivity contribution is 0.144. The molecule has 1 aliphatic rings. The van der Waals surface area contributed by atoms with Crippen LogP contribution < -0.4 is 16.6 Å². The molecule has 1 saturated carbocycles. The highest BCUT2D eigenvalue weighted by molar-refractivity contribution is 5.30. The standard InChI is InChI=1S/C10H16N4O3/c15-7-5-3-1-2-4-6(7)11-8-9(16)12-10(17)14-13-8/h6-7,15H,1-5H2,(H,11,13)(H2,12,14,16,17). The maximum atomic E-state index is 11.4. The SMILES string of the molecule is O=c1[nH]nc(NC2CCCCCC2O)c(=O)[nH]1. The summed E-state index contributed by atoms with van der Waals surface area (Å²) in [5.41, 5.74) is -1.20. The number of H-pyrrole nitrogens is 2. The van der Waals surface area contributed by atoms with E-state index in [4.69, 9.17) is 0 Å². The number of nitrogens with one attached hydrogen (secondary N) is 3. The van der Waals surface area contributed by atoms with E-state index in [1.807, 2.05) is 0 Å². The molecule has 0 aromatic carbocycles. The van der Waals surface area contributed by atoms with Crippen LogP contribution in [-0.2, 0) is 0 Å². The molecule has 94 valence electrons. The van der Waals surface area contributed by atoms with E-state index in [1.165, 1.54) is 0 Å². The van der Waals surface area contributed by atoms with Gasteiger partial charge in [0, 0.05) is 0 Å². The highest BCUT2D eigenvalue weighted by atomic mass is 16.3. The summed E-state index contributed by atoms with van der Waals surface area (Å²) in [6, 6.07) is -0.183. The second-order valence-corrected chi connectivity index (χ2v) is 4.31. The minimum Gasteiger partial charge on any atom is -0.391 e. The molecule has 1 aromatic rings. The van der Waals surface area contributed by atoms with Crippen molar-refractivity contribution in [3.63, 3.8) is 0 Å². The zero-order valence-electron chi connectivity index (χ0n) is 9.40. The van der Waals surface area contributed by atoms with E-state index in [0.717, 1.165) is 32.1 Å². The highest BCUT2D eigenvalue weighted by Gasteiger charge is 2.22. The van der Waals surface area contributed by atoms with Crippen molar-refractivity contribution in [2.24, 2.45) is 0 Å². The minimum atomic E-state index is -0.637. The summed E-state index contributed by atoms with van der Waals surface area (Å²) in [6.45, 7) is 0. The first-order valence-electron chi connectivity index (χ1n) is 5.80. The summed E-state index contributed by atoms with van der Waals surface area (Å²) in [5.74, 6) is 0.0514. The second kappa shape index (κ2) is 5.13. The van der Waals surface area contributed by atoms with Crippen molar-refractivity contribution >= 4 is 5.82 Å². The minimum absolute atomic E-state index is 0.0514. The topological polar surface area (TPSA) is 111 Å². The van der Waals surface area contributed by atoms with Crippen molar-refractivity contribution in [1.82, 2.24) is 15.2 Å². The average molecular weight is 240 g/mol. The van der Waals surface area contributed by atoms with Crippen LogP contribution in [0.15, 0.2) is 9.59 Å². The molecular weight excluding hydrogens is 224 g/mol. The first-order valence-corrected chi connectivity index (χ1v) is 5.80. The first-order chi connectivity index (χ1) is 8.16. The van der Waals surface area contributed by atoms with Crippen molar-refractivity contribution in [2.75, 3.05) is 5.32 Å². The van der Waals surface area contributed by atoms with Gasteiger partial charge in [-0.2, -0.15) is 0 Å². The quantitative estimate of drug-likeness (QED) is 0.524. The summed E-state index contributed by atoms with van der Waals surface area (Å²) >= 11 is 0. The average Bonchev–Trinajstić information content (AvgIpc) is 2.48. The molecule has 17 heavy (non-hydrogen) atoms. The van der Waals surface area contributed by atoms with Crippen LogP contribution in [0.5, 0.6) is 0 Å². The molecule has 0 amide bonds. The van der Waals surface area contributed by atoms with Crippen molar-refractivity contribution < 1.29 is 5.11 Å². The number of hydrogen-bond donors (Lipinski definition) is 4. The Labute approximate surface area is 97.3 Å². The Morgan fingerprint density at radius 1 is 1.24 bits per heavy atom. The molecule has 0 spiro atoms. The zero-order chi connectivity index (χ0) is 12.3. The number of rotatable bonds is 2. The Balaban J connectivity index is 2.13. The fraction of sp³-hybridized carbons (Fsp3) is 0.700. The maximum Gasteiger partial charge on any atom is 0.342 e. The molecule has 7 heteroatoms.